The maximum Gasteiger partial charge on any atom is 0.263 e. The fraction of sp³-hybridized carbons (Fsp3) is 0.367. The number of ether oxygens (including phenoxy) is 1. The monoisotopic (exact) mass is 639 g/mol. The summed E-state index contributed by atoms with van der Waals surface area (Å²) < 4.78 is 8.39. The molecule has 0 radical (unpaired) electrons. The number of hydrogen-bond acceptors (Lipinski definition) is 8. The molecule has 0 atom stereocenters. The molecule has 0 saturated carbocycles. The molecule has 3 aromatic heterocycles. The molecule has 2 fully saturated rings. The van der Waals surface area contributed by atoms with E-state index in [9.17, 15) is 19.5 Å². The van der Waals surface area contributed by atoms with E-state index in [0.717, 1.165) is 57.8 Å². The molecule has 1 aromatic carbocycles. The summed E-state index contributed by atoms with van der Waals surface area (Å²) in [4.78, 5) is 49.6. The number of nitrogens with zero attached hydrogens (tertiary/aromatic N) is 5. The van der Waals surface area contributed by atoms with Crippen LogP contribution in [-0.4, -0.2) is 62.3 Å². The second-order valence-electron chi connectivity index (χ2n) is 11.4. The number of aromatic hydroxyl groups is 1. The predicted octanol–water partition coefficient (Wildman–Crippen LogP) is 3.94. The number of rotatable bonds is 6. The molecule has 0 aliphatic carbocycles. The van der Waals surface area contributed by atoms with E-state index in [4.69, 9.17) is 33.7 Å². The predicted molar refractivity (Wildman–Crippen MR) is 167 cm³/mol. The highest BCUT2D eigenvalue weighted by Crippen LogP contribution is 2.42. The van der Waals surface area contributed by atoms with E-state index >= 15 is 0 Å². The Morgan fingerprint density at radius 3 is 2.52 bits per heavy atom. The van der Waals surface area contributed by atoms with Gasteiger partial charge in [-0.3, -0.25) is 14.4 Å². The number of pyridine rings is 1. The molecular weight excluding hydrogens is 609 g/mol. The molecule has 2 aliphatic rings. The van der Waals surface area contributed by atoms with Crippen molar-refractivity contribution in [2.24, 2.45) is 18.2 Å². The third kappa shape index (κ3) is 5.60. The zero-order valence-corrected chi connectivity index (χ0v) is 25.5. The van der Waals surface area contributed by atoms with Crippen LogP contribution in [0.25, 0.3) is 22.2 Å². The summed E-state index contributed by atoms with van der Waals surface area (Å²) in [7, 11) is 1.55. The molecule has 44 heavy (non-hydrogen) atoms. The van der Waals surface area contributed by atoms with Crippen molar-refractivity contribution < 1.29 is 19.4 Å². The Bertz CT molecular complexity index is 1840. The standard InChI is InChI=1S/C30H31Cl2N7O5/c1-37-16-35-28-25(29(37)43)19(17-10-18(27(33)42)26(41)20(31)11-17)14-39(28)15-24(40)36-22-12-23(34-13-21(22)32)38-6-2-30(3-7-38)4-8-44-9-5-30/h10-14,16,41H,2-9,15H2,1H3,(H2,33,42)(H,34,36,40). The molecular formula is C30H31Cl2N7O5. The van der Waals surface area contributed by atoms with E-state index in [1.807, 2.05) is 0 Å². The van der Waals surface area contributed by atoms with Gasteiger partial charge in [0.2, 0.25) is 5.91 Å². The molecule has 4 N–H and O–H groups in total. The summed E-state index contributed by atoms with van der Waals surface area (Å²) in [5.41, 5.74) is 6.57. The lowest BCUT2D eigenvalue weighted by Crippen LogP contribution is -2.43. The van der Waals surface area contributed by atoms with Gasteiger partial charge in [0.15, 0.2) is 0 Å². The van der Waals surface area contributed by atoms with Crippen molar-refractivity contribution in [1.82, 2.24) is 19.1 Å². The Labute approximate surface area is 262 Å². The Kier molecular flexibility index (Phi) is 7.99. The molecule has 4 aromatic rings. The molecule has 1 spiro atoms. The van der Waals surface area contributed by atoms with Gasteiger partial charge in [0, 0.05) is 51.2 Å². The largest absolute Gasteiger partial charge is 0.506 e. The van der Waals surface area contributed by atoms with Crippen LogP contribution in [-0.2, 0) is 23.1 Å². The number of anilines is 2. The average molecular weight is 641 g/mol. The number of amides is 2. The van der Waals surface area contributed by atoms with Crippen LogP contribution in [0.15, 0.2) is 41.7 Å². The Hall–Kier alpha value is -4.13. The SMILES string of the molecule is Cn1cnc2c(c(-c3cc(Cl)c(O)c(C(N)=O)c3)cn2CC(=O)Nc2cc(N3CCC4(CCOCC4)CC3)ncc2Cl)c1=O. The number of primary amides is 1. The summed E-state index contributed by atoms with van der Waals surface area (Å²) in [6.45, 7) is 3.15. The minimum atomic E-state index is -0.887. The van der Waals surface area contributed by atoms with Crippen molar-refractivity contribution in [2.75, 3.05) is 36.5 Å². The van der Waals surface area contributed by atoms with E-state index in [2.05, 4.69) is 20.2 Å². The number of aromatic nitrogens is 4. The van der Waals surface area contributed by atoms with Crippen LogP contribution >= 0.6 is 23.2 Å². The van der Waals surface area contributed by atoms with E-state index < -0.39 is 17.6 Å². The Morgan fingerprint density at radius 1 is 1.09 bits per heavy atom. The number of nitrogens with two attached hydrogens (primary N) is 1. The quantitative estimate of drug-likeness (QED) is 0.286. The van der Waals surface area contributed by atoms with Gasteiger partial charge >= 0.3 is 0 Å². The van der Waals surface area contributed by atoms with E-state index in [1.54, 1.807) is 19.3 Å². The normalized spacial score (nSPS) is 16.4. The fourth-order valence-corrected chi connectivity index (χ4v) is 6.47. The minimum Gasteiger partial charge on any atom is -0.506 e. The summed E-state index contributed by atoms with van der Waals surface area (Å²) in [6, 6.07) is 4.54. The van der Waals surface area contributed by atoms with Gasteiger partial charge in [-0.15, -0.1) is 0 Å². The summed E-state index contributed by atoms with van der Waals surface area (Å²) in [5, 5.41) is 13.5. The van der Waals surface area contributed by atoms with E-state index in [-0.39, 0.29) is 33.7 Å². The lowest BCUT2D eigenvalue weighted by Gasteiger charge is -2.44. The Balaban J connectivity index is 1.26. The first-order chi connectivity index (χ1) is 21.0. The zero-order chi connectivity index (χ0) is 31.2. The first-order valence-electron chi connectivity index (χ1n) is 14.2. The molecule has 230 valence electrons. The average Bonchev–Trinajstić information content (AvgIpc) is 3.36. The molecule has 2 saturated heterocycles. The Morgan fingerprint density at radius 2 is 1.82 bits per heavy atom. The van der Waals surface area contributed by atoms with Gasteiger partial charge in [0.1, 0.15) is 23.8 Å². The highest BCUT2D eigenvalue weighted by Gasteiger charge is 2.36. The first kappa shape index (κ1) is 29.9. The molecule has 5 heterocycles. The van der Waals surface area contributed by atoms with Gasteiger partial charge in [-0.05, 0) is 48.8 Å². The molecule has 6 rings (SSSR count). The first-order valence-corrected chi connectivity index (χ1v) is 15.0. The van der Waals surface area contributed by atoms with Crippen LogP contribution in [0.2, 0.25) is 10.0 Å². The van der Waals surface area contributed by atoms with Gasteiger partial charge in [-0.2, -0.15) is 0 Å². The zero-order valence-electron chi connectivity index (χ0n) is 24.0. The second kappa shape index (κ2) is 11.8. The lowest BCUT2D eigenvalue weighted by molar-refractivity contribution is -0.116. The summed E-state index contributed by atoms with van der Waals surface area (Å²) >= 11 is 12.6. The van der Waals surface area contributed by atoms with Gasteiger partial charge in [0.05, 0.1) is 39.2 Å². The van der Waals surface area contributed by atoms with Crippen LogP contribution in [0.1, 0.15) is 36.0 Å². The lowest BCUT2D eigenvalue weighted by atomic mass is 9.72. The maximum atomic E-state index is 13.3. The van der Waals surface area contributed by atoms with Gasteiger partial charge < -0.3 is 34.9 Å². The number of carbonyl (C=O) groups excluding carboxylic acids is 2. The van der Waals surface area contributed by atoms with Gasteiger partial charge in [-0.25, -0.2) is 9.97 Å². The van der Waals surface area contributed by atoms with Crippen molar-refractivity contribution in [1.29, 1.82) is 0 Å². The number of nitrogens with one attached hydrogen (secondary N) is 1. The fourth-order valence-electron chi connectivity index (χ4n) is 6.10. The number of halogens is 2. The maximum absolute atomic E-state index is 13.3. The highest BCUT2D eigenvalue weighted by molar-refractivity contribution is 6.34. The molecule has 0 unspecified atom stereocenters. The molecule has 0 bridgehead atoms. The number of piperidine rings is 1. The van der Waals surface area contributed by atoms with Crippen molar-refractivity contribution in [3.05, 3.63) is 62.9 Å². The van der Waals surface area contributed by atoms with Crippen molar-refractivity contribution in [3.63, 3.8) is 0 Å². The van der Waals surface area contributed by atoms with Crippen LogP contribution in [0.5, 0.6) is 5.75 Å². The summed E-state index contributed by atoms with van der Waals surface area (Å²) in [6.07, 6.45) is 8.75. The van der Waals surface area contributed by atoms with Gasteiger partial charge in [0.25, 0.3) is 11.5 Å². The molecule has 12 nitrogen and oxygen atoms in total. The van der Waals surface area contributed by atoms with Crippen LogP contribution in [0.4, 0.5) is 11.5 Å². The smallest absolute Gasteiger partial charge is 0.263 e. The number of fused-ring (bicyclic) bond motifs is 1. The number of carbonyl (C=O) groups is 2. The topological polar surface area (TPSA) is 158 Å². The number of aryl methyl sites for hydroxylation is 1. The van der Waals surface area contributed by atoms with Crippen LogP contribution in [0, 0.1) is 5.41 Å². The van der Waals surface area contributed by atoms with Crippen LogP contribution in [0.3, 0.4) is 0 Å². The second-order valence-corrected chi connectivity index (χ2v) is 12.2. The number of phenols is 1. The highest BCUT2D eigenvalue weighted by atomic mass is 35.5. The number of benzene rings is 1. The van der Waals surface area contributed by atoms with Crippen LogP contribution < -0.4 is 21.5 Å². The third-order valence-electron chi connectivity index (χ3n) is 8.71. The summed E-state index contributed by atoms with van der Waals surface area (Å²) in [5.74, 6) is -1.02. The van der Waals surface area contributed by atoms with E-state index in [1.165, 1.54) is 33.8 Å². The molecule has 14 heteroatoms. The van der Waals surface area contributed by atoms with E-state index in [0.29, 0.717) is 27.3 Å². The van der Waals surface area contributed by atoms with Crippen molar-refractivity contribution >= 4 is 57.6 Å². The molecule has 2 amide bonds. The minimum absolute atomic E-state index is 0.115. The van der Waals surface area contributed by atoms with Gasteiger partial charge in [-0.1, -0.05) is 23.2 Å². The van der Waals surface area contributed by atoms with Crippen molar-refractivity contribution in [3.8, 4) is 16.9 Å². The third-order valence-corrected chi connectivity index (χ3v) is 9.30. The van der Waals surface area contributed by atoms with Crippen molar-refractivity contribution in [2.45, 2.75) is 32.2 Å². The number of hydrogen-bond donors (Lipinski definition) is 3. The molecule has 2 aliphatic heterocycles.